The van der Waals surface area contributed by atoms with Crippen LogP contribution in [0.4, 0.5) is 11.4 Å². The van der Waals surface area contributed by atoms with Crippen molar-refractivity contribution in [2.75, 3.05) is 17.7 Å². The molecular formula is C18H16BrN3O3. The Balaban J connectivity index is 1.96. The van der Waals surface area contributed by atoms with Gasteiger partial charge in [-0.2, -0.15) is 0 Å². The largest absolute Gasteiger partial charge is 0.497 e. The van der Waals surface area contributed by atoms with Crippen LogP contribution in [0.1, 0.15) is 17.4 Å². The number of halogens is 1. The molecule has 25 heavy (non-hydrogen) atoms. The molecule has 3 aromatic rings. The molecule has 7 heteroatoms. The van der Waals surface area contributed by atoms with Crippen LogP contribution in [0, 0.1) is 0 Å². The fourth-order valence-electron chi connectivity index (χ4n) is 2.50. The third-order valence-electron chi connectivity index (χ3n) is 3.66. The zero-order chi connectivity index (χ0) is 18.0. The first kappa shape index (κ1) is 17.0. The number of aromatic amines is 1. The maximum atomic E-state index is 12.7. The molecule has 0 saturated heterocycles. The smallest absolute Gasteiger partial charge is 0.273 e. The molecule has 2 aromatic carbocycles. The Morgan fingerprint density at radius 2 is 1.84 bits per heavy atom. The van der Waals surface area contributed by atoms with Gasteiger partial charge in [-0.25, -0.2) is 0 Å². The molecule has 3 N–H and O–H groups in total. The first-order valence-electron chi connectivity index (χ1n) is 7.52. The molecule has 0 spiro atoms. The molecular weight excluding hydrogens is 386 g/mol. The molecule has 1 heterocycles. The number of H-pyrrole nitrogens is 1. The van der Waals surface area contributed by atoms with Gasteiger partial charge in [0.25, 0.3) is 5.91 Å². The number of para-hydroxylation sites is 1. The van der Waals surface area contributed by atoms with Crippen LogP contribution >= 0.6 is 15.9 Å². The predicted octanol–water partition coefficient (Wildman–Crippen LogP) is 4.15. The second kappa shape index (κ2) is 6.98. The number of amides is 2. The Hall–Kier alpha value is -2.80. The Labute approximate surface area is 152 Å². The number of hydrogen-bond donors (Lipinski definition) is 3. The van der Waals surface area contributed by atoms with Gasteiger partial charge in [0.15, 0.2) is 0 Å². The molecule has 6 nitrogen and oxygen atoms in total. The van der Waals surface area contributed by atoms with Crippen molar-refractivity contribution in [1.29, 1.82) is 0 Å². The van der Waals surface area contributed by atoms with E-state index in [1.807, 2.05) is 24.3 Å². The number of nitrogens with one attached hydrogen (secondary N) is 3. The lowest BCUT2D eigenvalue weighted by Crippen LogP contribution is -2.16. The van der Waals surface area contributed by atoms with E-state index in [2.05, 4.69) is 31.5 Å². The van der Waals surface area contributed by atoms with Crippen LogP contribution < -0.4 is 15.4 Å². The number of hydrogen-bond acceptors (Lipinski definition) is 3. The summed E-state index contributed by atoms with van der Waals surface area (Å²) in [7, 11) is 1.54. The summed E-state index contributed by atoms with van der Waals surface area (Å²) in [5, 5.41) is 6.42. The monoisotopic (exact) mass is 401 g/mol. The third kappa shape index (κ3) is 3.51. The van der Waals surface area contributed by atoms with E-state index in [1.54, 1.807) is 18.2 Å². The summed E-state index contributed by atoms with van der Waals surface area (Å²) in [6.45, 7) is 1.41. The highest BCUT2D eigenvalue weighted by Gasteiger charge is 2.17. The molecule has 0 radical (unpaired) electrons. The topological polar surface area (TPSA) is 83.2 Å². The first-order valence-corrected chi connectivity index (χ1v) is 8.32. The van der Waals surface area contributed by atoms with Crippen molar-refractivity contribution < 1.29 is 14.3 Å². The third-order valence-corrected chi connectivity index (χ3v) is 4.48. The number of ether oxygens (including phenoxy) is 1. The van der Waals surface area contributed by atoms with Gasteiger partial charge in [-0.3, -0.25) is 9.59 Å². The van der Waals surface area contributed by atoms with E-state index in [1.165, 1.54) is 14.0 Å². The Kier molecular flexibility index (Phi) is 4.76. The maximum absolute atomic E-state index is 12.7. The predicted molar refractivity (Wildman–Crippen MR) is 101 cm³/mol. The molecule has 0 bridgehead atoms. The van der Waals surface area contributed by atoms with Crippen LogP contribution in [0.15, 0.2) is 46.9 Å². The number of aromatic nitrogens is 1. The molecule has 0 aliphatic carbocycles. The second-order valence-corrected chi connectivity index (χ2v) is 6.20. The van der Waals surface area contributed by atoms with E-state index in [0.717, 1.165) is 10.9 Å². The number of benzene rings is 2. The van der Waals surface area contributed by atoms with Crippen molar-refractivity contribution in [1.82, 2.24) is 4.98 Å². The van der Waals surface area contributed by atoms with Gasteiger partial charge in [-0.1, -0.05) is 18.2 Å². The average Bonchev–Trinajstić information content (AvgIpc) is 2.93. The molecule has 0 saturated carbocycles. The van der Waals surface area contributed by atoms with Crippen LogP contribution in [-0.4, -0.2) is 23.9 Å². The average molecular weight is 402 g/mol. The highest BCUT2D eigenvalue weighted by atomic mass is 79.9. The van der Waals surface area contributed by atoms with Crippen molar-refractivity contribution in [2.45, 2.75) is 6.92 Å². The van der Waals surface area contributed by atoms with Crippen molar-refractivity contribution in [3.8, 4) is 5.75 Å². The Bertz CT molecular complexity index is 965. The number of carbonyl (C=O) groups is 2. The fourth-order valence-corrected chi connectivity index (χ4v) is 3.13. The minimum atomic E-state index is -0.331. The normalized spacial score (nSPS) is 10.5. The van der Waals surface area contributed by atoms with Gasteiger partial charge in [0, 0.05) is 23.9 Å². The van der Waals surface area contributed by atoms with E-state index in [4.69, 9.17) is 4.74 Å². The van der Waals surface area contributed by atoms with Gasteiger partial charge < -0.3 is 20.4 Å². The second-order valence-electron chi connectivity index (χ2n) is 5.41. The summed E-state index contributed by atoms with van der Waals surface area (Å²) in [5.41, 5.74) is 2.20. The van der Waals surface area contributed by atoms with Crippen LogP contribution in [0.25, 0.3) is 10.9 Å². The lowest BCUT2D eigenvalue weighted by atomic mass is 10.2. The Morgan fingerprint density at radius 3 is 2.52 bits per heavy atom. The van der Waals surface area contributed by atoms with Crippen molar-refractivity contribution >= 4 is 50.0 Å². The standard InChI is InChI=1S/C18H16BrN3O3/c1-10(23)20-14-8-7-11(25-2)9-15(14)22-18(24)17-16(19)12-5-3-4-6-13(12)21-17/h3-9,21H,1-2H3,(H,20,23)(H,22,24). The van der Waals surface area contributed by atoms with Gasteiger partial charge in [-0.05, 0) is 34.1 Å². The van der Waals surface area contributed by atoms with Gasteiger partial charge in [0.05, 0.1) is 23.0 Å². The lowest BCUT2D eigenvalue weighted by molar-refractivity contribution is -0.114. The summed E-state index contributed by atoms with van der Waals surface area (Å²) in [6, 6.07) is 12.6. The number of fused-ring (bicyclic) bond motifs is 1. The van der Waals surface area contributed by atoms with Crippen molar-refractivity contribution in [2.24, 2.45) is 0 Å². The lowest BCUT2D eigenvalue weighted by Gasteiger charge is -2.13. The van der Waals surface area contributed by atoms with E-state index >= 15 is 0 Å². The Morgan fingerprint density at radius 1 is 1.08 bits per heavy atom. The van der Waals surface area contributed by atoms with Crippen molar-refractivity contribution in [3.63, 3.8) is 0 Å². The molecule has 0 atom stereocenters. The van der Waals surface area contributed by atoms with Crippen LogP contribution in [0.5, 0.6) is 5.75 Å². The summed E-state index contributed by atoms with van der Waals surface area (Å²) < 4.78 is 5.88. The SMILES string of the molecule is COc1ccc(NC(C)=O)c(NC(=O)c2[nH]c3ccccc3c2Br)c1. The maximum Gasteiger partial charge on any atom is 0.273 e. The van der Waals surface area contributed by atoms with Gasteiger partial charge in [0.2, 0.25) is 5.91 Å². The number of anilines is 2. The zero-order valence-corrected chi connectivity index (χ0v) is 15.2. The fraction of sp³-hybridized carbons (Fsp3) is 0.111. The number of methoxy groups -OCH3 is 1. The first-order chi connectivity index (χ1) is 12.0. The molecule has 1 aromatic heterocycles. The molecule has 0 aliphatic rings. The minimum Gasteiger partial charge on any atom is -0.497 e. The highest BCUT2D eigenvalue weighted by molar-refractivity contribution is 9.10. The molecule has 0 unspecified atom stereocenters. The zero-order valence-electron chi connectivity index (χ0n) is 13.6. The van der Waals surface area contributed by atoms with Crippen molar-refractivity contribution in [3.05, 3.63) is 52.6 Å². The molecule has 128 valence electrons. The highest BCUT2D eigenvalue weighted by Crippen LogP contribution is 2.31. The van der Waals surface area contributed by atoms with Gasteiger partial charge >= 0.3 is 0 Å². The molecule has 2 amide bonds. The quantitative estimate of drug-likeness (QED) is 0.613. The summed E-state index contributed by atoms with van der Waals surface area (Å²) in [4.78, 5) is 27.2. The summed E-state index contributed by atoms with van der Waals surface area (Å²) >= 11 is 3.47. The van der Waals surface area contributed by atoms with Gasteiger partial charge in [-0.15, -0.1) is 0 Å². The van der Waals surface area contributed by atoms with Crippen LogP contribution in [0.3, 0.4) is 0 Å². The van der Waals surface area contributed by atoms with Crippen LogP contribution in [0.2, 0.25) is 0 Å². The summed E-state index contributed by atoms with van der Waals surface area (Å²) in [5.74, 6) is 0.00973. The minimum absolute atomic E-state index is 0.229. The van der Waals surface area contributed by atoms with E-state index in [9.17, 15) is 9.59 Å². The molecule has 0 aliphatic heterocycles. The van der Waals surface area contributed by atoms with Gasteiger partial charge in [0.1, 0.15) is 11.4 Å². The van der Waals surface area contributed by atoms with E-state index < -0.39 is 0 Å². The van der Waals surface area contributed by atoms with E-state index in [-0.39, 0.29) is 11.8 Å². The van der Waals surface area contributed by atoms with Crippen LogP contribution in [-0.2, 0) is 4.79 Å². The molecule has 3 rings (SSSR count). The summed E-state index contributed by atoms with van der Waals surface area (Å²) in [6.07, 6.45) is 0. The van der Waals surface area contributed by atoms with E-state index in [0.29, 0.717) is 27.3 Å². The molecule has 0 fully saturated rings. The number of rotatable bonds is 4. The number of carbonyl (C=O) groups excluding carboxylic acids is 2.